The lowest BCUT2D eigenvalue weighted by molar-refractivity contribution is -0.121. The third-order valence-electron chi connectivity index (χ3n) is 4.11. The molecular weight excluding hydrogens is 330 g/mol. The highest BCUT2D eigenvalue weighted by Crippen LogP contribution is 2.20. The van der Waals surface area contributed by atoms with Gasteiger partial charge in [0.05, 0.1) is 6.42 Å². The maximum Gasteiger partial charge on any atom is 0.224 e. The van der Waals surface area contributed by atoms with Crippen LogP contribution in [0.15, 0.2) is 71.4 Å². The number of nitrogens with one attached hydrogen (secondary N) is 1. The summed E-state index contributed by atoms with van der Waals surface area (Å²) < 4.78 is 5.45. The average Bonchev–Trinajstić information content (AvgIpc) is 3.18. The van der Waals surface area contributed by atoms with E-state index in [9.17, 15) is 4.79 Å². The third kappa shape index (κ3) is 4.78. The minimum Gasteiger partial charge on any atom is -0.375 e. The average molecular weight is 351 g/mol. The van der Waals surface area contributed by atoms with Crippen LogP contribution in [0.5, 0.6) is 0 Å². The van der Waals surface area contributed by atoms with Gasteiger partial charge in [0.15, 0.2) is 0 Å². The number of carbonyl (C=O) groups excluding carboxylic acids is 1. The molecule has 0 saturated carbocycles. The van der Waals surface area contributed by atoms with Crippen LogP contribution in [0.25, 0.3) is 11.1 Å². The van der Waals surface area contributed by atoms with E-state index in [1.807, 2.05) is 47.2 Å². The zero-order valence-corrected chi connectivity index (χ0v) is 15.0. The summed E-state index contributed by atoms with van der Waals surface area (Å²) in [6, 6.07) is 20.4. The van der Waals surface area contributed by atoms with Gasteiger partial charge in [-0.3, -0.25) is 4.79 Å². The second-order valence-electron chi connectivity index (χ2n) is 5.82. The van der Waals surface area contributed by atoms with Crippen LogP contribution in [0.4, 0.5) is 0 Å². The molecule has 0 spiro atoms. The van der Waals surface area contributed by atoms with Gasteiger partial charge in [-0.2, -0.15) is 11.3 Å². The Hall–Kier alpha value is -2.43. The number of hydrogen-bond donors (Lipinski definition) is 1. The molecule has 0 fully saturated rings. The summed E-state index contributed by atoms with van der Waals surface area (Å²) in [5, 5.41) is 7.01. The number of rotatable bonds is 7. The van der Waals surface area contributed by atoms with Gasteiger partial charge in [-0.25, -0.2) is 0 Å². The van der Waals surface area contributed by atoms with E-state index in [1.165, 1.54) is 5.56 Å². The topological polar surface area (TPSA) is 38.3 Å². The van der Waals surface area contributed by atoms with E-state index >= 15 is 0 Å². The zero-order chi connectivity index (χ0) is 17.5. The molecule has 4 heteroatoms. The fourth-order valence-corrected chi connectivity index (χ4v) is 3.40. The molecule has 3 rings (SSSR count). The lowest BCUT2D eigenvalue weighted by Gasteiger charge is -2.15. The molecule has 2 aromatic carbocycles. The molecule has 1 atom stereocenters. The smallest absolute Gasteiger partial charge is 0.224 e. The van der Waals surface area contributed by atoms with E-state index in [0.717, 1.165) is 16.7 Å². The van der Waals surface area contributed by atoms with Crippen LogP contribution in [0, 0.1) is 0 Å². The van der Waals surface area contributed by atoms with E-state index in [0.29, 0.717) is 13.0 Å². The molecule has 3 aromatic rings. The Labute approximate surface area is 152 Å². The van der Waals surface area contributed by atoms with Crippen LogP contribution in [0.1, 0.15) is 17.2 Å². The Bertz CT molecular complexity index is 783. The zero-order valence-electron chi connectivity index (χ0n) is 14.1. The second kappa shape index (κ2) is 8.60. The molecule has 0 aliphatic heterocycles. The summed E-state index contributed by atoms with van der Waals surface area (Å²) in [5.74, 6) is 0.00439. The van der Waals surface area contributed by atoms with Gasteiger partial charge in [-0.15, -0.1) is 0 Å². The van der Waals surface area contributed by atoms with Crippen LogP contribution < -0.4 is 5.32 Å². The molecule has 1 heterocycles. The van der Waals surface area contributed by atoms with Gasteiger partial charge in [0.25, 0.3) is 0 Å². The van der Waals surface area contributed by atoms with Crippen molar-refractivity contribution >= 4 is 17.2 Å². The monoisotopic (exact) mass is 351 g/mol. The highest BCUT2D eigenvalue weighted by atomic mass is 32.1. The number of hydrogen-bond acceptors (Lipinski definition) is 3. The van der Waals surface area contributed by atoms with Crippen molar-refractivity contribution in [2.75, 3.05) is 13.7 Å². The molecule has 1 aromatic heterocycles. The van der Waals surface area contributed by atoms with Crippen molar-refractivity contribution < 1.29 is 9.53 Å². The van der Waals surface area contributed by atoms with Crippen molar-refractivity contribution in [3.63, 3.8) is 0 Å². The lowest BCUT2D eigenvalue weighted by Crippen LogP contribution is -2.30. The standard InChI is InChI=1S/C21H21NO2S/c1-24-20(19-11-12-25-15-19)14-22-21(23)13-16-7-9-18(10-8-16)17-5-3-2-4-6-17/h2-12,15,20H,13-14H2,1H3,(H,22,23)/t20-/m1/s1. The van der Waals surface area contributed by atoms with Crippen molar-refractivity contribution in [1.29, 1.82) is 0 Å². The number of ether oxygens (including phenoxy) is 1. The molecule has 25 heavy (non-hydrogen) atoms. The quantitative estimate of drug-likeness (QED) is 0.682. The van der Waals surface area contributed by atoms with E-state index in [4.69, 9.17) is 4.74 Å². The molecular formula is C21H21NO2S. The maximum absolute atomic E-state index is 12.2. The normalized spacial score (nSPS) is 11.9. The van der Waals surface area contributed by atoms with Crippen LogP contribution in [0.2, 0.25) is 0 Å². The largest absolute Gasteiger partial charge is 0.375 e. The van der Waals surface area contributed by atoms with Gasteiger partial charge in [0, 0.05) is 13.7 Å². The molecule has 0 aliphatic carbocycles. The molecule has 0 bridgehead atoms. The predicted molar refractivity (Wildman–Crippen MR) is 103 cm³/mol. The minimum atomic E-state index is -0.101. The van der Waals surface area contributed by atoms with Gasteiger partial charge in [0.2, 0.25) is 5.91 Å². The van der Waals surface area contributed by atoms with Crippen LogP contribution in [0.3, 0.4) is 0 Å². The van der Waals surface area contributed by atoms with Crippen molar-refractivity contribution in [3.8, 4) is 11.1 Å². The Balaban J connectivity index is 1.54. The first kappa shape index (κ1) is 17.4. The predicted octanol–water partition coefficient (Wildman–Crippen LogP) is 4.46. The number of thiophene rings is 1. The van der Waals surface area contributed by atoms with Gasteiger partial charge in [-0.05, 0) is 39.1 Å². The number of methoxy groups -OCH3 is 1. The van der Waals surface area contributed by atoms with Crippen molar-refractivity contribution in [2.45, 2.75) is 12.5 Å². The summed E-state index contributed by atoms with van der Waals surface area (Å²) in [5.41, 5.74) is 4.43. The molecule has 0 radical (unpaired) electrons. The first-order valence-corrected chi connectivity index (χ1v) is 9.16. The molecule has 0 unspecified atom stereocenters. The Kier molecular flexibility index (Phi) is 5.99. The Morgan fingerprint density at radius 2 is 1.76 bits per heavy atom. The van der Waals surface area contributed by atoms with Crippen LogP contribution in [-0.4, -0.2) is 19.6 Å². The Morgan fingerprint density at radius 3 is 2.40 bits per heavy atom. The van der Waals surface area contributed by atoms with Gasteiger partial charge < -0.3 is 10.1 Å². The SMILES string of the molecule is CO[C@H](CNC(=O)Cc1ccc(-c2ccccc2)cc1)c1ccsc1. The summed E-state index contributed by atoms with van der Waals surface area (Å²) >= 11 is 1.63. The molecule has 0 saturated heterocycles. The molecule has 128 valence electrons. The molecule has 1 amide bonds. The molecule has 0 aliphatic rings. The van der Waals surface area contributed by atoms with Gasteiger partial charge >= 0.3 is 0 Å². The molecule has 1 N–H and O–H groups in total. The fourth-order valence-electron chi connectivity index (χ4n) is 2.70. The van der Waals surface area contributed by atoms with Gasteiger partial charge in [-0.1, -0.05) is 54.6 Å². The van der Waals surface area contributed by atoms with E-state index < -0.39 is 0 Å². The van der Waals surface area contributed by atoms with Crippen molar-refractivity contribution in [1.82, 2.24) is 5.32 Å². The molecule has 3 nitrogen and oxygen atoms in total. The number of carbonyl (C=O) groups is 1. The van der Waals surface area contributed by atoms with Gasteiger partial charge in [0.1, 0.15) is 6.10 Å². The van der Waals surface area contributed by atoms with Crippen LogP contribution >= 0.6 is 11.3 Å². The minimum absolute atomic E-state index is 0.00439. The summed E-state index contributed by atoms with van der Waals surface area (Å²) in [4.78, 5) is 12.2. The highest BCUT2D eigenvalue weighted by Gasteiger charge is 2.12. The second-order valence-corrected chi connectivity index (χ2v) is 6.60. The highest BCUT2D eigenvalue weighted by molar-refractivity contribution is 7.07. The number of benzene rings is 2. The van der Waals surface area contributed by atoms with E-state index in [1.54, 1.807) is 18.4 Å². The fraction of sp³-hybridized carbons (Fsp3) is 0.190. The first-order chi connectivity index (χ1) is 12.3. The van der Waals surface area contributed by atoms with E-state index in [2.05, 4.69) is 29.6 Å². The van der Waals surface area contributed by atoms with E-state index in [-0.39, 0.29) is 12.0 Å². The third-order valence-corrected chi connectivity index (χ3v) is 4.81. The van der Waals surface area contributed by atoms with Crippen LogP contribution in [-0.2, 0) is 16.0 Å². The Morgan fingerprint density at radius 1 is 1.04 bits per heavy atom. The first-order valence-electron chi connectivity index (χ1n) is 8.22. The summed E-state index contributed by atoms with van der Waals surface area (Å²) in [6.45, 7) is 0.480. The van der Waals surface area contributed by atoms with Crippen molar-refractivity contribution in [3.05, 3.63) is 82.6 Å². The summed E-state index contributed by atoms with van der Waals surface area (Å²) in [7, 11) is 1.66. The summed E-state index contributed by atoms with van der Waals surface area (Å²) in [6.07, 6.45) is 0.269. The number of amides is 1. The van der Waals surface area contributed by atoms with Crippen molar-refractivity contribution in [2.24, 2.45) is 0 Å². The maximum atomic E-state index is 12.2. The lowest BCUT2D eigenvalue weighted by atomic mass is 10.0.